The van der Waals surface area contributed by atoms with E-state index in [1.54, 1.807) is 24.7 Å². The lowest BCUT2D eigenvalue weighted by molar-refractivity contribution is 0.0792. The zero-order valence-corrected chi connectivity index (χ0v) is 16.4. The van der Waals surface area contributed by atoms with E-state index in [0.717, 1.165) is 37.6 Å². The Hall–Kier alpha value is -3.15. The maximum absolute atomic E-state index is 14.7. The first-order valence-electron chi connectivity index (χ1n) is 9.61. The second kappa shape index (κ2) is 7.70. The summed E-state index contributed by atoms with van der Waals surface area (Å²) in [7, 11) is 1.59. The Morgan fingerprint density at radius 3 is 2.31 bits per heavy atom. The zero-order valence-electron chi connectivity index (χ0n) is 16.4. The maximum atomic E-state index is 14.7. The first kappa shape index (κ1) is 19.2. The molecule has 0 spiro atoms. The smallest absolute Gasteiger partial charge is 0.255 e. The molecule has 0 saturated carbocycles. The van der Waals surface area contributed by atoms with Crippen molar-refractivity contribution in [1.82, 2.24) is 9.47 Å². The number of nitrogens with zero attached hydrogens (tertiary/aromatic N) is 2. The summed E-state index contributed by atoms with van der Waals surface area (Å²) in [6.07, 6.45) is 1.98. The highest BCUT2D eigenvalue weighted by Crippen LogP contribution is 2.32. The molecule has 150 valence electrons. The van der Waals surface area contributed by atoms with E-state index >= 15 is 0 Å². The predicted octanol–water partition coefficient (Wildman–Crippen LogP) is 4.98. The van der Waals surface area contributed by atoms with Crippen LogP contribution >= 0.6 is 0 Å². The molecule has 0 N–H and O–H groups in total. The van der Waals surface area contributed by atoms with Gasteiger partial charge in [0, 0.05) is 24.8 Å². The van der Waals surface area contributed by atoms with E-state index in [2.05, 4.69) is 0 Å². The summed E-state index contributed by atoms with van der Waals surface area (Å²) in [6.45, 7) is 3.25. The van der Waals surface area contributed by atoms with Crippen LogP contribution in [0.1, 0.15) is 28.9 Å². The fraction of sp³-hybridized carbons (Fsp3) is 0.261. The largest absolute Gasteiger partial charge is 0.497 e. The number of carbonyl (C=O) groups excluding carboxylic acids is 1. The van der Waals surface area contributed by atoms with Gasteiger partial charge in [-0.2, -0.15) is 0 Å². The fourth-order valence-corrected chi connectivity index (χ4v) is 3.86. The van der Waals surface area contributed by atoms with E-state index in [-0.39, 0.29) is 11.6 Å². The Labute approximate surface area is 168 Å². The van der Waals surface area contributed by atoms with Crippen LogP contribution in [0.3, 0.4) is 0 Å². The number of halogens is 2. The Bertz CT molecular complexity index is 1050. The van der Waals surface area contributed by atoms with Gasteiger partial charge in [-0.05, 0) is 67.8 Å². The SMILES string of the molecule is COc1ccc(-c2cc(C(=O)N3CCCC3)c(C)n2-c2ccc(F)cc2F)cc1. The van der Waals surface area contributed by atoms with Crippen molar-refractivity contribution in [1.29, 1.82) is 0 Å². The molecule has 0 atom stereocenters. The molecule has 1 aliphatic rings. The Balaban J connectivity index is 1.89. The molecule has 0 radical (unpaired) electrons. The van der Waals surface area contributed by atoms with Crippen LogP contribution in [-0.4, -0.2) is 35.6 Å². The van der Waals surface area contributed by atoms with Crippen LogP contribution in [-0.2, 0) is 0 Å². The summed E-state index contributed by atoms with van der Waals surface area (Å²) < 4.78 is 35.0. The van der Waals surface area contributed by atoms with Crippen molar-refractivity contribution in [3.05, 3.63) is 71.4 Å². The molecule has 0 unspecified atom stereocenters. The topological polar surface area (TPSA) is 34.5 Å². The van der Waals surface area contributed by atoms with E-state index in [1.165, 1.54) is 12.1 Å². The average Bonchev–Trinajstić information content (AvgIpc) is 3.36. The van der Waals surface area contributed by atoms with Crippen molar-refractivity contribution < 1.29 is 18.3 Å². The average molecular weight is 396 g/mol. The maximum Gasteiger partial charge on any atom is 0.255 e. The van der Waals surface area contributed by atoms with Crippen molar-refractivity contribution in [3.63, 3.8) is 0 Å². The predicted molar refractivity (Wildman–Crippen MR) is 108 cm³/mol. The number of amides is 1. The molecule has 1 aliphatic heterocycles. The summed E-state index contributed by atoms with van der Waals surface area (Å²) in [5.41, 5.74) is 2.83. The minimum atomic E-state index is -0.682. The third kappa shape index (κ3) is 3.50. The van der Waals surface area contributed by atoms with Crippen molar-refractivity contribution in [2.75, 3.05) is 20.2 Å². The first-order chi connectivity index (χ1) is 14.0. The highest BCUT2D eigenvalue weighted by atomic mass is 19.1. The molecule has 0 bridgehead atoms. The molecule has 2 heterocycles. The van der Waals surface area contributed by atoms with Gasteiger partial charge in [0.1, 0.15) is 17.4 Å². The molecule has 4 rings (SSSR count). The molecular weight excluding hydrogens is 374 g/mol. The number of ether oxygens (including phenoxy) is 1. The summed E-state index contributed by atoms with van der Waals surface area (Å²) in [5.74, 6) is -0.685. The molecule has 1 aromatic heterocycles. The lowest BCUT2D eigenvalue weighted by atomic mass is 10.1. The number of hydrogen-bond acceptors (Lipinski definition) is 2. The lowest BCUT2D eigenvalue weighted by Crippen LogP contribution is -2.27. The van der Waals surface area contributed by atoms with Gasteiger partial charge in [0.25, 0.3) is 5.91 Å². The molecular formula is C23H22F2N2O2. The van der Waals surface area contributed by atoms with Crippen molar-refractivity contribution >= 4 is 5.91 Å². The number of rotatable bonds is 4. The molecule has 1 amide bonds. The second-order valence-corrected chi connectivity index (χ2v) is 7.19. The van der Waals surface area contributed by atoms with Gasteiger partial charge in [-0.1, -0.05) is 0 Å². The van der Waals surface area contributed by atoms with Gasteiger partial charge < -0.3 is 14.2 Å². The van der Waals surface area contributed by atoms with Gasteiger partial charge in [-0.3, -0.25) is 4.79 Å². The molecule has 1 fully saturated rings. The van der Waals surface area contributed by atoms with Crippen molar-refractivity contribution in [2.24, 2.45) is 0 Å². The van der Waals surface area contributed by atoms with Gasteiger partial charge >= 0.3 is 0 Å². The highest BCUT2D eigenvalue weighted by Gasteiger charge is 2.26. The van der Waals surface area contributed by atoms with Gasteiger partial charge in [-0.15, -0.1) is 0 Å². The highest BCUT2D eigenvalue weighted by molar-refractivity contribution is 5.97. The molecule has 6 heteroatoms. The molecule has 1 saturated heterocycles. The van der Waals surface area contributed by atoms with Crippen LogP contribution in [0.25, 0.3) is 16.9 Å². The Morgan fingerprint density at radius 1 is 1.00 bits per heavy atom. The quantitative estimate of drug-likeness (QED) is 0.624. The summed E-state index contributed by atoms with van der Waals surface area (Å²) in [5, 5.41) is 0. The van der Waals surface area contributed by atoms with Crippen LogP contribution in [0.4, 0.5) is 8.78 Å². The lowest BCUT2D eigenvalue weighted by Gasteiger charge is -2.16. The Morgan fingerprint density at radius 2 is 1.69 bits per heavy atom. The number of carbonyl (C=O) groups is 1. The minimum absolute atomic E-state index is 0.0592. The van der Waals surface area contributed by atoms with Gasteiger partial charge in [0.05, 0.1) is 24.1 Å². The van der Waals surface area contributed by atoms with Crippen LogP contribution < -0.4 is 4.74 Å². The standard InChI is InChI=1S/C23H22F2N2O2/c1-15-19(23(28)26-11-3-4-12-26)14-22(16-5-8-18(29-2)9-6-16)27(15)21-10-7-17(24)13-20(21)25/h5-10,13-14H,3-4,11-12H2,1-2H3. The van der Waals surface area contributed by atoms with Crippen LogP contribution in [0, 0.1) is 18.6 Å². The van der Waals surface area contributed by atoms with Gasteiger partial charge in [0.2, 0.25) is 0 Å². The number of aromatic nitrogens is 1. The number of hydrogen-bond donors (Lipinski definition) is 0. The zero-order chi connectivity index (χ0) is 20.5. The minimum Gasteiger partial charge on any atom is -0.497 e. The monoisotopic (exact) mass is 396 g/mol. The van der Waals surface area contributed by atoms with E-state index in [9.17, 15) is 13.6 Å². The fourth-order valence-electron chi connectivity index (χ4n) is 3.86. The third-order valence-corrected chi connectivity index (χ3v) is 5.41. The normalized spacial score (nSPS) is 13.7. The molecule has 4 nitrogen and oxygen atoms in total. The van der Waals surface area contributed by atoms with Gasteiger partial charge in [-0.25, -0.2) is 8.78 Å². The van der Waals surface area contributed by atoms with Crippen LogP contribution in [0.15, 0.2) is 48.5 Å². The van der Waals surface area contributed by atoms with E-state index < -0.39 is 11.6 Å². The molecule has 29 heavy (non-hydrogen) atoms. The third-order valence-electron chi connectivity index (χ3n) is 5.41. The van der Waals surface area contributed by atoms with Crippen LogP contribution in [0.2, 0.25) is 0 Å². The Kier molecular flexibility index (Phi) is 5.09. The number of methoxy groups -OCH3 is 1. The van der Waals surface area contributed by atoms with Gasteiger partial charge in [0.15, 0.2) is 0 Å². The number of likely N-dealkylation sites (tertiary alicyclic amines) is 1. The van der Waals surface area contributed by atoms with E-state index in [0.29, 0.717) is 22.7 Å². The summed E-state index contributed by atoms with van der Waals surface area (Å²) >= 11 is 0. The number of benzene rings is 2. The summed E-state index contributed by atoms with van der Waals surface area (Å²) in [6, 6.07) is 12.6. The van der Waals surface area contributed by atoms with Crippen molar-refractivity contribution in [3.8, 4) is 22.7 Å². The molecule has 3 aromatic rings. The molecule has 2 aromatic carbocycles. The first-order valence-corrected chi connectivity index (χ1v) is 9.61. The molecule has 0 aliphatic carbocycles. The van der Waals surface area contributed by atoms with E-state index in [1.807, 2.05) is 29.2 Å². The van der Waals surface area contributed by atoms with Crippen molar-refractivity contribution in [2.45, 2.75) is 19.8 Å². The van der Waals surface area contributed by atoms with Crippen LogP contribution in [0.5, 0.6) is 5.75 Å². The second-order valence-electron chi connectivity index (χ2n) is 7.19. The summed E-state index contributed by atoms with van der Waals surface area (Å²) in [4.78, 5) is 14.9. The van der Waals surface area contributed by atoms with E-state index in [4.69, 9.17) is 4.74 Å².